The summed E-state index contributed by atoms with van der Waals surface area (Å²) in [5.74, 6) is 0.436. The molecule has 1 aliphatic rings. The molecule has 2 aromatic carbocycles. The molecule has 1 aliphatic heterocycles. The van der Waals surface area contributed by atoms with Crippen molar-refractivity contribution in [2.75, 3.05) is 33.9 Å². The first-order valence-electron chi connectivity index (χ1n) is 9.28. The third-order valence-corrected chi connectivity index (χ3v) is 5.02. The Morgan fingerprint density at radius 2 is 2.03 bits per heavy atom. The Labute approximate surface area is 167 Å². The predicted molar refractivity (Wildman–Crippen MR) is 106 cm³/mol. The van der Waals surface area contributed by atoms with E-state index in [1.54, 1.807) is 35.4 Å². The lowest BCUT2D eigenvalue weighted by Crippen LogP contribution is -2.42. The number of benzene rings is 2. The van der Waals surface area contributed by atoms with Gasteiger partial charge in [0.05, 0.1) is 38.6 Å². The van der Waals surface area contributed by atoms with E-state index in [2.05, 4.69) is 4.98 Å². The van der Waals surface area contributed by atoms with Gasteiger partial charge in [-0.2, -0.15) is 0 Å². The van der Waals surface area contributed by atoms with Crippen molar-refractivity contribution in [2.45, 2.75) is 6.10 Å². The van der Waals surface area contributed by atoms with E-state index in [-0.39, 0.29) is 11.7 Å². The van der Waals surface area contributed by atoms with Crippen LogP contribution in [0.15, 0.2) is 48.7 Å². The average Bonchev–Trinajstić information content (AvgIpc) is 2.77. The summed E-state index contributed by atoms with van der Waals surface area (Å²) in [6, 6.07) is 11.6. The molecule has 0 saturated carbocycles. The van der Waals surface area contributed by atoms with Crippen molar-refractivity contribution >= 4 is 16.7 Å². The molecule has 1 aromatic heterocycles. The van der Waals surface area contributed by atoms with E-state index in [0.717, 1.165) is 10.8 Å². The summed E-state index contributed by atoms with van der Waals surface area (Å²) in [7, 11) is 3.04. The van der Waals surface area contributed by atoms with Crippen LogP contribution in [0.3, 0.4) is 0 Å². The lowest BCUT2D eigenvalue weighted by Gasteiger charge is -2.33. The van der Waals surface area contributed by atoms with Gasteiger partial charge in [0.1, 0.15) is 11.9 Å². The molecule has 1 unspecified atom stereocenters. The van der Waals surface area contributed by atoms with Crippen molar-refractivity contribution in [3.63, 3.8) is 0 Å². The normalized spacial score (nSPS) is 16.7. The zero-order valence-corrected chi connectivity index (χ0v) is 16.2. The van der Waals surface area contributed by atoms with Crippen LogP contribution in [0.4, 0.5) is 4.39 Å². The van der Waals surface area contributed by atoms with Crippen molar-refractivity contribution in [3.8, 4) is 11.5 Å². The van der Waals surface area contributed by atoms with Crippen LogP contribution < -0.4 is 9.47 Å². The third-order valence-electron chi connectivity index (χ3n) is 5.02. The highest BCUT2D eigenvalue weighted by molar-refractivity contribution is 5.98. The minimum atomic E-state index is -0.392. The van der Waals surface area contributed by atoms with Gasteiger partial charge in [-0.1, -0.05) is 6.07 Å². The van der Waals surface area contributed by atoms with E-state index in [4.69, 9.17) is 14.2 Å². The first-order valence-corrected chi connectivity index (χ1v) is 9.28. The van der Waals surface area contributed by atoms with E-state index in [0.29, 0.717) is 42.5 Å². The second-order valence-electron chi connectivity index (χ2n) is 6.75. The van der Waals surface area contributed by atoms with Gasteiger partial charge in [-0.3, -0.25) is 9.78 Å². The Bertz CT molecular complexity index is 1060. The maximum absolute atomic E-state index is 13.6. The second-order valence-corrected chi connectivity index (χ2v) is 6.75. The fraction of sp³-hybridized carbons (Fsp3) is 0.273. The quantitative estimate of drug-likeness (QED) is 0.674. The smallest absolute Gasteiger partial charge is 0.257 e. The molecular weight excluding hydrogens is 375 g/mol. The molecule has 4 rings (SSSR count). The Morgan fingerprint density at radius 3 is 2.83 bits per heavy atom. The standard InChI is InChI=1S/C22H21FN2O4/c1-27-19-5-3-4-17(21(19)28-2)22(26)25-8-9-29-20(13-25)18-11-15-10-16(23)7-6-14(15)12-24-18/h3-7,10-12,20H,8-9,13H2,1-2H3. The van der Waals surface area contributed by atoms with Gasteiger partial charge in [0.15, 0.2) is 11.5 Å². The number of rotatable bonds is 4. The maximum atomic E-state index is 13.6. The summed E-state index contributed by atoms with van der Waals surface area (Å²) < 4.78 is 30.1. The Kier molecular flexibility index (Phi) is 5.31. The average molecular weight is 396 g/mol. The van der Waals surface area contributed by atoms with Crippen LogP contribution in [0.2, 0.25) is 0 Å². The van der Waals surface area contributed by atoms with Crippen LogP contribution in [0.5, 0.6) is 11.5 Å². The number of hydrogen-bond donors (Lipinski definition) is 0. The molecule has 0 bridgehead atoms. The fourth-order valence-corrected chi connectivity index (χ4v) is 3.54. The number of carbonyl (C=O) groups excluding carboxylic acids is 1. The molecule has 0 aliphatic carbocycles. The van der Waals surface area contributed by atoms with Crippen molar-refractivity contribution in [3.05, 3.63) is 65.7 Å². The summed E-state index contributed by atoms with van der Waals surface area (Å²) in [6.45, 7) is 1.18. The van der Waals surface area contributed by atoms with Gasteiger partial charge in [0.2, 0.25) is 0 Å². The molecule has 6 nitrogen and oxygen atoms in total. The highest BCUT2D eigenvalue weighted by Gasteiger charge is 2.29. The minimum absolute atomic E-state index is 0.166. The van der Waals surface area contributed by atoms with Crippen molar-refractivity contribution in [2.24, 2.45) is 0 Å². The van der Waals surface area contributed by atoms with Gasteiger partial charge in [0, 0.05) is 18.1 Å². The van der Waals surface area contributed by atoms with Gasteiger partial charge in [-0.25, -0.2) is 4.39 Å². The number of fused-ring (bicyclic) bond motifs is 1. The molecule has 29 heavy (non-hydrogen) atoms. The number of pyridine rings is 1. The number of amides is 1. The SMILES string of the molecule is COc1cccc(C(=O)N2CCOC(c3cc4cc(F)ccc4cn3)C2)c1OC. The molecule has 0 spiro atoms. The van der Waals surface area contributed by atoms with E-state index < -0.39 is 6.10 Å². The minimum Gasteiger partial charge on any atom is -0.493 e. The van der Waals surface area contributed by atoms with Gasteiger partial charge < -0.3 is 19.1 Å². The first-order chi connectivity index (χ1) is 14.1. The lowest BCUT2D eigenvalue weighted by molar-refractivity contribution is -0.0247. The van der Waals surface area contributed by atoms with Crippen LogP contribution in [-0.4, -0.2) is 49.7 Å². The summed E-state index contributed by atoms with van der Waals surface area (Å²) in [4.78, 5) is 19.3. The molecule has 3 aromatic rings. The number of carbonyl (C=O) groups is 1. The van der Waals surface area contributed by atoms with Crippen LogP contribution in [0.1, 0.15) is 22.2 Å². The van der Waals surface area contributed by atoms with Gasteiger partial charge in [-0.05, 0) is 41.8 Å². The topological polar surface area (TPSA) is 60.9 Å². The number of ether oxygens (including phenoxy) is 3. The predicted octanol–water partition coefficient (Wildman–Crippen LogP) is 3.60. The maximum Gasteiger partial charge on any atom is 0.257 e. The number of hydrogen-bond acceptors (Lipinski definition) is 5. The highest BCUT2D eigenvalue weighted by atomic mass is 19.1. The molecule has 7 heteroatoms. The summed E-state index contributed by atoms with van der Waals surface area (Å²) in [5.41, 5.74) is 1.10. The van der Waals surface area contributed by atoms with Crippen molar-refractivity contribution in [1.82, 2.24) is 9.88 Å². The number of methoxy groups -OCH3 is 2. The number of morpholine rings is 1. The highest BCUT2D eigenvalue weighted by Crippen LogP contribution is 2.33. The molecule has 0 N–H and O–H groups in total. The van der Waals surface area contributed by atoms with E-state index in [1.165, 1.54) is 26.4 Å². The molecule has 150 valence electrons. The zero-order chi connectivity index (χ0) is 20.4. The molecule has 1 saturated heterocycles. The Morgan fingerprint density at radius 1 is 1.17 bits per heavy atom. The molecule has 2 heterocycles. The molecule has 0 radical (unpaired) electrons. The van der Waals surface area contributed by atoms with Gasteiger partial charge in [-0.15, -0.1) is 0 Å². The fourth-order valence-electron chi connectivity index (χ4n) is 3.54. The number of aromatic nitrogens is 1. The van der Waals surface area contributed by atoms with Crippen LogP contribution >= 0.6 is 0 Å². The Balaban J connectivity index is 1.59. The van der Waals surface area contributed by atoms with Crippen LogP contribution in [0.25, 0.3) is 10.8 Å². The molecular formula is C22H21FN2O4. The Hall–Kier alpha value is -3.19. The van der Waals surface area contributed by atoms with Crippen LogP contribution in [-0.2, 0) is 4.74 Å². The summed E-state index contributed by atoms with van der Waals surface area (Å²) in [6.07, 6.45) is 1.30. The lowest BCUT2D eigenvalue weighted by atomic mass is 10.1. The molecule has 1 atom stereocenters. The van der Waals surface area contributed by atoms with E-state index in [9.17, 15) is 9.18 Å². The van der Waals surface area contributed by atoms with Crippen molar-refractivity contribution < 1.29 is 23.4 Å². The zero-order valence-electron chi connectivity index (χ0n) is 16.2. The largest absolute Gasteiger partial charge is 0.493 e. The number of nitrogens with zero attached hydrogens (tertiary/aromatic N) is 2. The van der Waals surface area contributed by atoms with Crippen molar-refractivity contribution in [1.29, 1.82) is 0 Å². The second kappa shape index (κ2) is 8.05. The van der Waals surface area contributed by atoms with E-state index >= 15 is 0 Å². The van der Waals surface area contributed by atoms with Crippen LogP contribution in [0, 0.1) is 5.82 Å². The third kappa shape index (κ3) is 3.73. The van der Waals surface area contributed by atoms with Gasteiger partial charge >= 0.3 is 0 Å². The monoisotopic (exact) mass is 396 g/mol. The summed E-state index contributed by atoms with van der Waals surface area (Å²) in [5, 5.41) is 1.59. The summed E-state index contributed by atoms with van der Waals surface area (Å²) >= 11 is 0. The molecule has 1 amide bonds. The molecule has 1 fully saturated rings. The number of para-hydroxylation sites is 1. The number of halogens is 1. The first kappa shape index (κ1) is 19.1. The van der Waals surface area contributed by atoms with E-state index in [1.807, 2.05) is 6.07 Å². The van der Waals surface area contributed by atoms with Gasteiger partial charge in [0.25, 0.3) is 5.91 Å².